The number of nitrogens with one attached hydrogen (secondary N) is 1. The summed E-state index contributed by atoms with van der Waals surface area (Å²) in [6, 6.07) is 13.1. The quantitative estimate of drug-likeness (QED) is 0.631. The van der Waals surface area contributed by atoms with Crippen molar-refractivity contribution in [3.63, 3.8) is 0 Å². The van der Waals surface area contributed by atoms with E-state index in [1.54, 1.807) is 36.4 Å². The van der Waals surface area contributed by atoms with Crippen LogP contribution in [0.1, 0.15) is 23.7 Å². The van der Waals surface area contributed by atoms with Gasteiger partial charge in [0.1, 0.15) is 24.2 Å². The summed E-state index contributed by atoms with van der Waals surface area (Å²) in [6.45, 7) is 1.41. The summed E-state index contributed by atoms with van der Waals surface area (Å²) in [4.78, 5) is 51.4. The molecule has 0 aliphatic carbocycles. The lowest BCUT2D eigenvalue weighted by Gasteiger charge is -2.25. The molecule has 1 fully saturated rings. The van der Waals surface area contributed by atoms with Crippen LogP contribution < -0.4 is 5.32 Å². The molecular weight excluding hydrogens is 439 g/mol. The van der Waals surface area contributed by atoms with Crippen molar-refractivity contribution < 1.29 is 23.6 Å². The van der Waals surface area contributed by atoms with Crippen LogP contribution in [0.15, 0.2) is 48.5 Å². The number of likely N-dealkylation sites (tertiary alicyclic amines) is 1. The highest BCUT2D eigenvalue weighted by Gasteiger charge is 2.36. The molecule has 3 amide bonds. The minimum absolute atomic E-state index is 0.156. The maximum atomic E-state index is 13.1. The Balaban J connectivity index is 1.56. The monoisotopic (exact) mass is 464 g/mol. The van der Waals surface area contributed by atoms with Crippen molar-refractivity contribution in [2.24, 2.45) is 5.92 Å². The summed E-state index contributed by atoms with van der Waals surface area (Å²) in [5.41, 5.74) is 1.96. The molecule has 8 nitrogen and oxygen atoms in total. The van der Waals surface area contributed by atoms with E-state index in [4.69, 9.17) is 0 Å². The van der Waals surface area contributed by atoms with Gasteiger partial charge in [0.05, 0.1) is 12.6 Å². The lowest BCUT2D eigenvalue weighted by atomic mass is 10.0. The van der Waals surface area contributed by atoms with Crippen molar-refractivity contribution >= 4 is 24.0 Å². The number of hydrogen-bond acceptors (Lipinski definition) is 5. The van der Waals surface area contributed by atoms with Gasteiger partial charge in [-0.2, -0.15) is 5.26 Å². The molecule has 1 saturated heterocycles. The summed E-state index contributed by atoms with van der Waals surface area (Å²) in [7, 11) is 1.44. The molecule has 2 aromatic carbocycles. The van der Waals surface area contributed by atoms with Crippen LogP contribution in [0.3, 0.4) is 0 Å². The molecule has 2 aromatic rings. The molecule has 176 valence electrons. The third-order valence-corrected chi connectivity index (χ3v) is 5.79. The van der Waals surface area contributed by atoms with E-state index in [1.165, 1.54) is 35.9 Å². The fraction of sp³-hybridized carbons (Fsp3) is 0.320. The number of carbonyl (C=O) groups excluding carboxylic acids is 4. The number of benzene rings is 2. The first-order valence-corrected chi connectivity index (χ1v) is 10.8. The molecule has 1 aliphatic heterocycles. The van der Waals surface area contributed by atoms with Crippen LogP contribution in [0.5, 0.6) is 0 Å². The summed E-state index contributed by atoms with van der Waals surface area (Å²) in [5, 5.41) is 11.8. The predicted molar refractivity (Wildman–Crippen MR) is 122 cm³/mol. The van der Waals surface area contributed by atoms with Crippen molar-refractivity contribution in [3.05, 3.63) is 59.9 Å². The van der Waals surface area contributed by atoms with Gasteiger partial charge in [0.2, 0.25) is 11.8 Å². The molecule has 3 atom stereocenters. The molecule has 0 aromatic heterocycles. The Morgan fingerprint density at radius 2 is 1.76 bits per heavy atom. The van der Waals surface area contributed by atoms with E-state index in [-0.39, 0.29) is 31.2 Å². The summed E-state index contributed by atoms with van der Waals surface area (Å²) in [5.74, 6) is -2.07. The highest BCUT2D eigenvalue weighted by Crippen LogP contribution is 2.22. The zero-order valence-corrected chi connectivity index (χ0v) is 18.9. The summed E-state index contributed by atoms with van der Waals surface area (Å²) >= 11 is 0. The fourth-order valence-corrected chi connectivity index (χ4v) is 3.87. The molecule has 3 unspecified atom stereocenters. The third kappa shape index (κ3) is 5.64. The number of rotatable bonds is 7. The maximum absolute atomic E-state index is 13.1. The van der Waals surface area contributed by atoms with Crippen LogP contribution in [0.25, 0.3) is 11.1 Å². The topological polar surface area (TPSA) is 111 Å². The lowest BCUT2D eigenvalue weighted by molar-refractivity contribution is -0.140. The number of hydrogen-bond donors (Lipinski definition) is 1. The molecule has 34 heavy (non-hydrogen) atoms. The Labute approximate surface area is 197 Å². The number of amides is 3. The number of nitriles is 1. The Kier molecular flexibility index (Phi) is 7.74. The second-order valence-corrected chi connectivity index (χ2v) is 8.30. The van der Waals surface area contributed by atoms with Crippen LogP contribution in [0.4, 0.5) is 4.39 Å². The van der Waals surface area contributed by atoms with E-state index >= 15 is 0 Å². The van der Waals surface area contributed by atoms with E-state index < -0.39 is 29.8 Å². The Hall–Kier alpha value is -4.06. The summed E-state index contributed by atoms with van der Waals surface area (Å²) in [6.07, 6.45) is 1.02. The van der Waals surface area contributed by atoms with Gasteiger partial charge in [0, 0.05) is 25.1 Å². The van der Waals surface area contributed by atoms with E-state index in [1.807, 2.05) is 6.07 Å². The van der Waals surface area contributed by atoms with Gasteiger partial charge in [0.15, 0.2) is 0 Å². The molecule has 0 radical (unpaired) electrons. The SMILES string of the molecule is CC(NC(=O)c1ccc(-c2ccc(F)cc2)cc1)C(=O)N(C)CC(=O)N1CC(C=O)CC1C#N. The van der Waals surface area contributed by atoms with Crippen molar-refractivity contribution in [2.45, 2.75) is 25.4 Å². The molecule has 0 bridgehead atoms. The van der Waals surface area contributed by atoms with Crippen LogP contribution in [0.2, 0.25) is 0 Å². The minimum Gasteiger partial charge on any atom is -0.341 e. The van der Waals surface area contributed by atoms with Crippen molar-refractivity contribution in [3.8, 4) is 17.2 Å². The van der Waals surface area contributed by atoms with Gasteiger partial charge in [-0.1, -0.05) is 24.3 Å². The minimum atomic E-state index is -0.893. The van der Waals surface area contributed by atoms with Crippen molar-refractivity contribution in [2.75, 3.05) is 20.1 Å². The Morgan fingerprint density at radius 1 is 1.18 bits per heavy atom. The first-order valence-electron chi connectivity index (χ1n) is 10.8. The molecule has 0 saturated carbocycles. The highest BCUT2D eigenvalue weighted by molar-refractivity contribution is 5.98. The standard InChI is InChI=1S/C25H25FN4O4/c1-16(25(34)29(2)14-23(32)30-13-17(15-31)11-22(30)12-27)28-24(33)20-5-3-18(4-6-20)19-7-9-21(26)10-8-19/h3-10,15-17,22H,11,13-14H2,1-2H3,(H,28,33). The van der Waals surface area contributed by atoms with Crippen LogP contribution in [0, 0.1) is 23.1 Å². The maximum Gasteiger partial charge on any atom is 0.251 e. The number of nitrogens with zero attached hydrogens (tertiary/aromatic N) is 3. The number of halogens is 1. The Morgan fingerprint density at radius 3 is 2.32 bits per heavy atom. The van der Waals surface area contributed by atoms with Gasteiger partial charge >= 0.3 is 0 Å². The largest absolute Gasteiger partial charge is 0.341 e. The molecule has 1 heterocycles. The van der Waals surface area contributed by atoms with Crippen LogP contribution >= 0.6 is 0 Å². The van der Waals surface area contributed by atoms with E-state index in [9.17, 15) is 28.8 Å². The molecular formula is C25H25FN4O4. The molecule has 9 heteroatoms. The van der Waals surface area contributed by atoms with E-state index in [0.29, 0.717) is 5.56 Å². The fourth-order valence-electron chi connectivity index (χ4n) is 3.87. The van der Waals surface area contributed by atoms with Gasteiger partial charge < -0.3 is 19.9 Å². The predicted octanol–water partition coefficient (Wildman–Crippen LogP) is 2.01. The third-order valence-electron chi connectivity index (χ3n) is 5.79. The molecule has 1 aliphatic rings. The van der Waals surface area contributed by atoms with Crippen LogP contribution in [-0.4, -0.2) is 66.0 Å². The highest BCUT2D eigenvalue weighted by atomic mass is 19.1. The van der Waals surface area contributed by atoms with Gasteiger partial charge in [-0.05, 0) is 48.7 Å². The first-order chi connectivity index (χ1) is 16.2. The average Bonchev–Trinajstić information content (AvgIpc) is 3.28. The summed E-state index contributed by atoms with van der Waals surface area (Å²) < 4.78 is 13.1. The van der Waals surface area contributed by atoms with Gasteiger partial charge in [0.25, 0.3) is 5.91 Å². The molecule has 0 spiro atoms. The second-order valence-electron chi connectivity index (χ2n) is 8.30. The number of likely N-dealkylation sites (N-methyl/N-ethyl adjacent to an activating group) is 1. The smallest absolute Gasteiger partial charge is 0.251 e. The van der Waals surface area contributed by atoms with Gasteiger partial charge in [-0.3, -0.25) is 14.4 Å². The normalized spacial score (nSPS) is 18.0. The van der Waals surface area contributed by atoms with E-state index in [2.05, 4.69) is 5.32 Å². The van der Waals surface area contributed by atoms with E-state index in [0.717, 1.165) is 17.4 Å². The van der Waals surface area contributed by atoms with Gasteiger partial charge in [-0.25, -0.2) is 4.39 Å². The molecule has 3 rings (SSSR count). The zero-order chi connectivity index (χ0) is 24.8. The van der Waals surface area contributed by atoms with Crippen LogP contribution in [-0.2, 0) is 14.4 Å². The first kappa shape index (κ1) is 24.6. The number of aldehydes is 1. The lowest BCUT2D eigenvalue weighted by Crippen LogP contribution is -2.49. The zero-order valence-electron chi connectivity index (χ0n) is 18.9. The Bertz CT molecular complexity index is 1110. The van der Waals surface area contributed by atoms with Crippen molar-refractivity contribution in [1.29, 1.82) is 5.26 Å². The second kappa shape index (κ2) is 10.7. The molecule has 1 N–H and O–H groups in total. The van der Waals surface area contributed by atoms with Crippen molar-refractivity contribution in [1.82, 2.24) is 15.1 Å². The van der Waals surface area contributed by atoms with Gasteiger partial charge in [-0.15, -0.1) is 0 Å². The number of carbonyl (C=O) groups is 4. The average molecular weight is 464 g/mol.